The van der Waals surface area contributed by atoms with Gasteiger partial charge in [0.1, 0.15) is 11.6 Å². The molecule has 2 rings (SSSR count). The van der Waals surface area contributed by atoms with Crippen LogP contribution in [0.25, 0.3) is 0 Å². The molecule has 0 heterocycles. The second-order valence-electron chi connectivity index (χ2n) is 4.91. The summed E-state index contributed by atoms with van der Waals surface area (Å²) in [6.45, 7) is 1.49. The molecule has 1 amide bonds. The van der Waals surface area contributed by atoms with E-state index in [-0.39, 0.29) is 35.3 Å². The maximum absolute atomic E-state index is 13.5. The van der Waals surface area contributed by atoms with Gasteiger partial charge in [0.05, 0.1) is 4.92 Å². The molecule has 120 valence electrons. The average Bonchev–Trinajstić information content (AvgIpc) is 2.50. The van der Waals surface area contributed by atoms with Crippen LogP contribution in [0, 0.1) is 28.7 Å². The van der Waals surface area contributed by atoms with E-state index in [0.29, 0.717) is 0 Å². The highest BCUT2D eigenvalue weighted by molar-refractivity contribution is 5.96. The van der Waals surface area contributed by atoms with E-state index in [1.165, 1.54) is 31.2 Å². The van der Waals surface area contributed by atoms with Gasteiger partial charge in [-0.15, -0.1) is 0 Å². The molecule has 0 aliphatic rings. The summed E-state index contributed by atoms with van der Waals surface area (Å²) in [5.41, 5.74) is 0.140. The maximum atomic E-state index is 13.5. The standard InChI is InChI=1S/C16H14F2N2O3/c1-10-11(4-2-7-15(10)20(22)23)16(21)19-9-8-12-13(17)5-3-6-14(12)18/h2-7H,8-9H2,1H3,(H,19,21). The van der Waals surface area contributed by atoms with Crippen LogP contribution in [0.4, 0.5) is 14.5 Å². The summed E-state index contributed by atoms with van der Waals surface area (Å²) in [5.74, 6) is -1.88. The van der Waals surface area contributed by atoms with Gasteiger partial charge in [-0.2, -0.15) is 0 Å². The number of nitro groups is 1. The van der Waals surface area contributed by atoms with E-state index in [4.69, 9.17) is 0 Å². The van der Waals surface area contributed by atoms with Crippen molar-refractivity contribution in [1.82, 2.24) is 5.32 Å². The Balaban J connectivity index is 2.06. The van der Waals surface area contributed by atoms with Crippen LogP contribution in [0.3, 0.4) is 0 Å². The Hall–Kier alpha value is -2.83. The Kier molecular flexibility index (Phi) is 5.00. The molecule has 5 nitrogen and oxygen atoms in total. The number of rotatable bonds is 5. The third-order valence-electron chi connectivity index (χ3n) is 3.47. The zero-order valence-corrected chi connectivity index (χ0v) is 12.3. The first kappa shape index (κ1) is 16.5. The fourth-order valence-corrected chi connectivity index (χ4v) is 2.23. The number of nitrogens with one attached hydrogen (secondary N) is 1. The van der Waals surface area contributed by atoms with Crippen LogP contribution in [-0.4, -0.2) is 17.4 Å². The summed E-state index contributed by atoms with van der Waals surface area (Å²) in [4.78, 5) is 22.4. The van der Waals surface area contributed by atoms with E-state index < -0.39 is 22.5 Å². The van der Waals surface area contributed by atoms with Gasteiger partial charge < -0.3 is 5.32 Å². The zero-order chi connectivity index (χ0) is 17.0. The van der Waals surface area contributed by atoms with E-state index in [2.05, 4.69) is 5.32 Å². The fraction of sp³-hybridized carbons (Fsp3) is 0.188. The van der Waals surface area contributed by atoms with Gasteiger partial charge in [-0.25, -0.2) is 8.78 Å². The van der Waals surface area contributed by atoms with E-state index in [0.717, 1.165) is 12.1 Å². The average molecular weight is 320 g/mol. The molecule has 0 radical (unpaired) electrons. The molecule has 0 saturated heterocycles. The number of nitro benzene ring substituents is 1. The highest BCUT2D eigenvalue weighted by atomic mass is 19.1. The minimum absolute atomic E-state index is 0.0127. The van der Waals surface area contributed by atoms with Gasteiger partial charge >= 0.3 is 0 Å². The molecule has 0 bridgehead atoms. The van der Waals surface area contributed by atoms with Crippen LogP contribution in [0.1, 0.15) is 21.5 Å². The second-order valence-corrected chi connectivity index (χ2v) is 4.91. The molecule has 0 aromatic heterocycles. The molecule has 2 aromatic rings. The Morgan fingerprint density at radius 2 is 1.78 bits per heavy atom. The van der Waals surface area contributed by atoms with Crippen molar-refractivity contribution in [3.63, 3.8) is 0 Å². The van der Waals surface area contributed by atoms with Crippen LogP contribution in [-0.2, 0) is 6.42 Å². The first-order chi connectivity index (χ1) is 10.9. The molecular weight excluding hydrogens is 306 g/mol. The molecule has 0 aliphatic carbocycles. The van der Waals surface area contributed by atoms with Crippen molar-refractivity contribution in [1.29, 1.82) is 0 Å². The molecule has 23 heavy (non-hydrogen) atoms. The third kappa shape index (κ3) is 3.68. The number of amides is 1. The number of nitrogens with zero attached hydrogens (tertiary/aromatic N) is 1. The van der Waals surface area contributed by atoms with Crippen molar-refractivity contribution >= 4 is 11.6 Å². The number of hydrogen-bond donors (Lipinski definition) is 1. The lowest BCUT2D eigenvalue weighted by Crippen LogP contribution is -2.27. The number of benzene rings is 2. The van der Waals surface area contributed by atoms with E-state index >= 15 is 0 Å². The summed E-state index contributed by atoms with van der Waals surface area (Å²) in [7, 11) is 0. The molecule has 0 unspecified atom stereocenters. The number of hydrogen-bond acceptors (Lipinski definition) is 3. The molecule has 0 atom stereocenters. The smallest absolute Gasteiger partial charge is 0.273 e. The Bertz CT molecular complexity index is 743. The largest absolute Gasteiger partial charge is 0.352 e. The first-order valence-electron chi connectivity index (χ1n) is 6.87. The number of carbonyl (C=O) groups is 1. The number of carbonyl (C=O) groups excluding carboxylic acids is 1. The van der Waals surface area contributed by atoms with Gasteiger partial charge in [-0.1, -0.05) is 12.1 Å². The summed E-state index contributed by atoms with van der Waals surface area (Å²) >= 11 is 0. The fourth-order valence-electron chi connectivity index (χ4n) is 2.23. The summed E-state index contributed by atoms with van der Waals surface area (Å²) in [6.07, 6.45) is -0.0157. The van der Waals surface area contributed by atoms with Crippen molar-refractivity contribution in [2.45, 2.75) is 13.3 Å². The van der Waals surface area contributed by atoms with Crippen LogP contribution >= 0.6 is 0 Å². The summed E-state index contributed by atoms with van der Waals surface area (Å²) in [6, 6.07) is 7.73. The Morgan fingerprint density at radius 3 is 2.39 bits per heavy atom. The summed E-state index contributed by atoms with van der Waals surface area (Å²) in [5, 5.41) is 13.4. The molecule has 7 heteroatoms. The molecule has 0 fully saturated rings. The minimum Gasteiger partial charge on any atom is -0.352 e. The van der Waals surface area contributed by atoms with Crippen molar-refractivity contribution < 1.29 is 18.5 Å². The molecular formula is C16H14F2N2O3. The highest BCUT2D eigenvalue weighted by Crippen LogP contribution is 2.21. The lowest BCUT2D eigenvalue weighted by molar-refractivity contribution is -0.385. The van der Waals surface area contributed by atoms with Gasteiger partial charge in [-0.3, -0.25) is 14.9 Å². The predicted molar refractivity (Wildman–Crippen MR) is 80.2 cm³/mol. The van der Waals surface area contributed by atoms with Gasteiger partial charge in [0.2, 0.25) is 0 Å². The molecule has 2 aromatic carbocycles. The van der Waals surface area contributed by atoms with Gasteiger partial charge in [0.15, 0.2) is 0 Å². The summed E-state index contributed by atoms with van der Waals surface area (Å²) < 4.78 is 27.0. The molecule has 0 aliphatic heterocycles. The van der Waals surface area contributed by atoms with Crippen LogP contribution in [0.5, 0.6) is 0 Å². The molecule has 0 saturated carbocycles. The van der Waals surface area contributed by atoms with Gasteiger partial charge in [0.25, 0.3) is 11.6 Å². The first-order valence-corrected chi connectivity index (χ1v) is 6.87. The minimum atomic E-state index is -0.675. The van der Waals surface area contributed by atoms with Crippen molar-refractivity contribution in [3.05, 3.63) is 74.8 Å². The normalized spacial score (nSPS) is 10.4. The van der Waals surface area contributed by atoms with E-state index in [9.17, 15) is 23.7 Å². The van der Waals surface area contributed by atoms with Crippen LogP contribution in [0.2, 0.25) is 0 Å². The lowest BCUT2D eigenvalue weighted by Gasteiger charge is -2.09. The highest BCUT2D eigenvalue weighted by Gasteiger charge is 2.18. The topological polar surface area (TPSA) is 72.2 Å². The number of halogens is 2. The zero-order valence-electron chi connectivity index (χ0n) is 12.3. The van der Waals surface area contributed by atoms with Crippen molar-refractivity contribution in [2.24, 2.45) is 0 Å². The lowest BCUT2D eigenvalue weighted by atomic mass is 10.1. The molecule has 1 N–H and O–H groups in total. The predicted octanol–water partition coefficient (Wildman–Crippen LogP) is 3.15. The van der Waals surface area contributed by atoms with E-state index in [1.807, 2.05) is 0 Å². The maximum Gasteiger partial charge on any atom is 0.273 e. The molecule has 0 spiro atoms. The van der Waals surface area contributed by atoms with E-state index in [1.54, 1.807) is 0 Å². The van der Waals surface area contributed by atoms with Gasteiger partial charge in [0, 0.05) is 29.3 Å². The quantitative estimate of drug-likeness (QED) is 0.679. The third-order valence-corrected chi connectivity index (χ3v) is 3.47. The van der Waals surface area contributed by atoms with Crippen molar-refractivity contribution in [3.8, 4) is 0 Å². The Morgan fingerprint density at radius 1 is 1.17 bits per heavy atom. The van der Waals surface area contributed by atoms with Crippen LogP contribution in [0.15, 0.2) is 36.4 Å². The Labute approximate surface area is 131 Å². The second kappa shape index (κ2) is 6.95. The van der Waals surface area contributed by atoms with Crippen LogP contribution < -0.4 is 5.32 Å². The SMILES string of the molecule is Cc1c(C(=O)NCCc2c(F)cccc2F)cccc1[N+](=O)[O-]. The monoisotopic (exact) mass is 320 g/mol. The van der Waals surface area contributed by atoms with Crippen molar-refractivity contribution in [2.75, 3.05) is 6.54 Å². The van der Waals surface area contributed by atoms with Gasteiger partial charge in [-0.05, 0) is 31.5 Å².